The van der Waals surface area contributed by atoms with Crippen molar-refractivity contribution in [2.75, 3.05) is 14.2 Å². The molecular weight excluding hydrogens is 222 g/mol. The molecule has 94 valence electrons. The van der Waals surface area contributed by atoms with Crippen molar-refractivity contribution in [2.45, 2.75) is 25.7 Å². The Labute approximate surface area is 100 Å². The van der Waals surface area contributed by atoms with Gasteiger partial charge in [0.2, 0.25) is 0 Å². The first-order valence-electron chi connectivity index (χ1n) is 5.49. The number of ether oxygens (including phenoxy) is 2. The van der Waals surface area contributed by atoms with Crippen molar-refractivity contribution in [3.63, 3.8) is 0 Å². The molecule has 0 fully saturated rings. The summed E-state index contributed by atoms with van der Waals surface area (Å²) >= 11 is 0. The van der Waals surface area contributed by atoms with Gasteiger partial charge in [0.1, 0.15) is 0 Å². The van der Waals surface area contributed by atoms with Crippen molar-refractivity contribution < 1.29 is 19.1 Å². The quantitative estimate of drug-likeness (QED) is 0.606. The molecule has 0 aliphatic carbocycles. The normalized spacial score (nSPS) is 10.0. The molecule has 0 bridgehead atoms. The molecule has 0 unspecified atom stereocenters. The van der Waals surface area contributed by atoms with Gasteiger partial charge in [-0.3, -0.25) is 4.79 Å². The van der Waals surface area contributed by atoms with Crippen molar-refractivity contribution in [2.24, 2.45) is 0 Å². The molecule has 17 heavy (non-hydrogen) atoms. The molecule has 0 aliphatic rings. The van der Waals surface area contributed by atoms with Crippen LogP contribution in [0.15, 0.2) is 12.4 Å². The number of unbranched alkanes of at least 4 members (excludes halogenated alkanes) is 1. The molecule has 1 heterocycles. The van der Waals surface area contributed by atoms with Crippen molar-refractivity contribution in [1.82, 2.24) is 4.98 Å². The monoisotopic (exact) mass is 239 g/mol. The van der Waals surface area contributed by atoms with E-state index in [0.717, 1.165) is 24.8 Å². The lowest BCUT2D eigenvalue weighted by Gasteiger charge is -2.02. The number of aryl methyl sites for hydroxylation is 1. The van der Waals surface area contributed by atoms with Crippen molar-refractivity contribution >= 4 is 11.9 Å². The van der Waals surface area contributed by atoms with E-state index in [2.05, 4.69) is 14.5 Å². The van der Waals surface area contributed by atoms with Gasteiger partial charge in [-0.1, -0.05) is 0 Å². The van der Waals surface area contributed by atoms with Crippen LogP contribution in [-0.4, -0.2) is 31.1 Å². The summed E-state index contributed by atoms with van der Waals surface area (Å²) in [6.45, 7) is 0. The standard InChI is InChI=1S/C12H17NO4/c1-16-11(14)6-4-3-5-9-7-13-8-10(9)12(15)17-2/h7-8,13H,3-6H2,1-2H3. The summed E-state index contributed by atoms with van der Waals surface area (Å²) in [7, 11) is 2.74. The van der Waals surface area contributed by atoms with Crippen LogP contribution in [0.3, 0.4) is 0 Å². The molecule has 0 radical (unpaired) electrons. The largest absolute Gasteiger partial charge is 0.469 e. The average molecular weight is 239 g/mol. The number of hydrogen-bond donors (Lipinski definition) is 1. The average Bonchev–Trinajstić information content (AvgIpc) is 2.81. The minimum atomic E-state index is -0.339. The predicted molar refractivity (Wildman–Crippen MR) is 61.7 cm³/mol. The lowest BCUT2D eigenvalue weighted by molar-refractivity contribution is -0.140. The topological polar surface area (TPSA) is 68.4 Å². The van der Waals surface area contributed by atoms with E-state index in [4.69, 9.17) is 0 Å². The highest BCUT2D eigenvalue weighted by atomic mass is 16.5. The first kappa shape index (κ1) is 13.3. The summed E-state index contributed by atoms with van der Waals surface area (Å²) < 4.78 is 9.21. The summed E-state index contributed by atoms with van der Waals surface area (Å²) in [6.07, 6.45) is 6.14. The predicted octanol–water partition coefficient (Wildman–Crippen LogP) is 1.69. The van der Waals surface area contributed by atoms with Crippen LogP contribution in [0.2, 0.25) is 0 Å². The first-order chi connectivity index (χ1) is 8.19. The lowest BCUT2D eigenvalue weighted by atomic mass is 10.1. The number of methoxy groups -OCH3 is 2. The van der Waals surface area contributed by atoms with Gasteiger partial charge in [0, 0.05) is 18.8 Å². The van der Waals surface area contributed by atoms with Crippen LogP contribution in [0.1, 0.15) is 35.2 Å². The number of H-pyrrole nitrogens is 1. The van der Waals surface area contributed by atoms with E-state index in [1.54, 1.807) is 12.4 Å². The van der Waals surface area contributed by atoms with Gasteiger partial charge >= 0.3 is 11.9 Å². The van der Waals surface area contributed by atoms with Gasteiger partial charge < -0.3 is 14.5 Å². The van der Waals surface area contributed by atoms with E-state index in [-0.39, 0.29) is 11.9 Å². The van der Waals surface area contributed by atoms with Gasteiger partial charge in [0.15, 0.2) is 0 Å². The molecule has 0 saturated heterocycles. The molecule has 1 aromatic rings. The van der Waals surface area contributed by atoms with Crippen LogP contribution in [0.5, 0.6) is 0 Å². The zero-order chi connectivity index (χ0) is 12.7. The van der Waals surface area contributed by atoms with Gasteiger partial charge in [-0.05, 0) is 24.8 Å². The van der Waals surface area contributed by atoms with Gasteiger partial charge in [-0.2, -0.15) is 0 Å². The molecule has 0 atom stereocenters. The van der Waals surface area contributed by atoms with Crippen LogP contribution in [0.25, 0.3) is 0 Å². The van der Waals surface area contributed by atoms with Gasteiger partial charge in [-0.15, -0.1) is 0 Å². The van der Waals surface area contributed by atoms with Gasteiger partial charge in [0.25, 0.3) is 0 Å². The molecule has 0 saturated carbocycles. The fourth-order valence-electron chi connectivity index (χ4n) is 1.59. The zero-order valence-electron chi connectivity index (χ0n) is 10.1. The second-order valence-electron chi connectivity index (χ2n) is 3.67. The van der Waals surface area contributed by atoms with Crippen LogP contribution >= 0.6 is 0 Å². The molecule has 1 N–H and O–H groups in total. The highest BCUT2D eigenvalue weighted by Crippen LogP contribution is 2.13. The van der Waals surface area contributed by atoms with Crippen LogP contribution in [-0.2, 0) is 20.7 Å². The summed E-state index contributed by atoms with van der Waals surface area (Å²) in [5.74, 6) is -0.540. The molecule has 0 aromatic carbocycles. The van der Waals surface area contributed by atoms with Gasteiger partial charge in [0.05, 0.1) is 19.8 Å². The number of aromatic nitrogens is 1. The summed E-state index contributed by atoms with van der Waals surface area (Å²) in [6, 6.07) is 0. The second kappa shape index (κ2) is 6.73. The summed E-state index contributed by atoms with van der Waals surface area (Å²) in [5, 5.41) is 0. The Bertz CT molecular complexity index is 384. The molecule has 5 heteroatoms. The highest BCUT2D eigenvalue weighted by molar-refractivity contribution is 5.90. The van der Waals surface area contributed by atoms with E-state index in [0.29, 0.717) is 12.0 Å². The number of aromatic amines is 1. The molecule has 0 amide bonds. The third-order valence-electron chi connectivity index (χ3n) is 2.54. The molecular formula is C12H17NO4. The summed E-state index contributed by atoms with van der Waals surface area (Å²) in [5.41, 5.74) is 1.48. The van der Waals surface area contributed by atoms with E-state index in [9.17, 15) is 9.59 Å². The zero-order valence-corrected chi connectivity index (χ0v) is 10.1. The Morgan fingerprint density at radius 1 is 1.18 bits per heavy atom. The third-order valence-corrected chi connectivity index (χ3v) is 2.54. The Hall–Kier alpha value is -1.78. The SMILES string of the molecule is COC(=O)CCCCc1c[nH]cc1C(=O)OC. The van der Waals surface area contributed by atoms with Crippen LogP contribution in [0.4, 0.5) is 0 Å². The minimum absolute atomic E-state index is 0.202. The van der Waals surface area contributed by atoms with Crippen molar-refractivity contribution in [3.8, 4) is 0 Å². The summed E-state index contributed by atoms with van der Waals surface area (Å²) in [4.78, 5) is 25.1. The highest BCUT2D eigenvalue weighted by Gasteiger charge is 2.12. The second-order valence-corrected chi connectivity index (χ2v) is 3.67. The Morgan fingerprint density at radius 3 is 2.59 bits per heavy atom. The maximum Gasteiger partial charge on any atom is 0.339 e. The van der Waals surface area contributed by atoms with Crippen molar-refractivity contribution in [1.29, 1.82) is 0 Å². The number of rotatable bonds is 6. The van der Waals surface area contributed by atoms with E-state index in [1.165, 1.54) is 14.2 Å². The fourth-order valence-corrected chi connectivity index (χ4v) is 1.59. The maximum absolute atomic E-state index is 11.4. The fraction of sp³-hybridized carbons (Fsp3) is 0.500. The molecule has 1 rings (SSSR count). The number of carbonyl (C=O) groups is 2. The maximum atomic E-state index is 11.4. The van der Waals surface area contributed by atoms with E-state index in [1.807, 2.05) is 0 Å². The minimum Gasteiger partial charge on any atom is -0.469 e. The Morgan fingerprint density at radius 2 is 1.94 bits per heavy atom. The number of nitrogens with one attached hydrogen (secondary N) is 1. The molecule has 5 nitrogen and oxygen atoms in total. The van der Waals surface area contributed by atoms with E-state index >= 15 is 0 Å². The molecule has 1 aromatic heterocycles. The van der Waals surface area contributed by atoms with Crippen LogP contribution in [0, 0.1) is 0 Å². The van der Waals surface area contributed by atoms with Crippen molar-refractivity contribution in [3.05, 3.63) is 23.5 Å². The smallest absolute Gasteiger partial charge is 0.339 e. The number of esters is 2. The Kier molecular flexibility index (Phi) is 5.26. The molecule has 0 aliphatic heterocycles. The molecule has 0 spiro atoms. The third kappa shape index (κ3) is 3.94. The van der Waals surface area contributed by atoms with E-state index < -0.39 is 0 Å². The Balaban J connectivity index is 2.39. The van der Waals surface area contributed by atoms with Crippen LogP contribution < -0.4 is 0 Å². The number of carbonyl (C=O) groups excluding carboxylic acids is 2. The number of hydrogen-bond acceptors (Lipinski definition) is 4. The first-order valence-corrected chi connectivity index (χ1v) is 5.49. The lowest BCUT2D eigenvalue weighted by Crippen LogP contribution is -2.04. The van der Waals surface area contributed by atoms with Gasteiger partial charge in [-0.25, -0.2) is 4.79 Å².